The molecule has 0 aliphatic heterocycles. The average molecular weight is 259 g/mol. The van der Waals surface area contributed by atoms with Crippen LogP contribution in [0.15, 0.2) is 23.1 Å². The van der Waals surface area contributed by atoms with Gasteiger partial charge in [0.05, 0.1) is 0 Å². The molecule has 0 aromatic heterocycles. The summed E-state index contributed by atoms with van der Waals surface area (Å²) in [4.78, 5) is 0.780. The highest BCUT2D eigenvalue weighted by Crippen LogP contribution is 2.22. The molecule has 1 rings (SSSR count). The highest BCUT2D eigenvalue weighted by molar-refractivity contribution is 7.99. The number of hydrogen-bond donors (Lipinski definition) is 1. The monoisotopic (exact) mass is 259 g/mol. The molecule has 0 aliphatic rings. The van der Waals surface area contributed by atoms with Gasteiger partial charge in [0.2, 0.25) is 0 Å². The third-order valence-electron chi connectivity index (χ3n) is 2.47. The molecule has 1 nitrogen and oxygen atoms in total. The van der Waals surface area contributed by atoms with Crippen LogP contribution in [0.2, 0.25) is 0 Å². The summed E-state index contributed by atoms with van der Waals surface area (Å²) in [6, 6.07) is 4.50. The van der Waals surface area contributed by atoms with Gasteiger partial charge in [0.25, 0.3) is 0 Å². The van der Waals surface area contributed by atoms with Crippen LogP contribution in [0.5, 0.6) is 0 Å². The van der Waals surface area contributed by atoms with Gasteiger partial charge in [-0.2, -0.15) is 0 Å². The van der Waals surface area contributed by atoms with Crippen molar-refractivity contribution in [2.45, 2.75) is 37.6 Å². The fourth-order valence-electron chi connectivity index (χ4n) is 1.64. The molecule has 0 fully saturated rings. The fraction of sp³-hybridized carbons (Fsp3) is 0.538. The zero-order valence-electron chi connectivity index (χ0n) is 10.3. The highest BCUT2D eigenvalue weighted by Gasteiger charge is 2.08. The molecule has 0 spiro atoms. The summed E-state index contributed by atoms with van der Waals surface area (Å²) in [5, 5.41) is 3.39. The lowest BCUT2D eigenvalue weighted by Crippen LogP contribution is -2.30. The van der Waals surface area contributed by atoms with Gasteiger partial charge in [0.15, 0.2) is 11.6 Å². The molecule has 0 heterocycles. The van der Waals surface area contributed by atoms with E-state index in [2.05, 4.69) is 19.2 Å². The lowest BCUT2D eigenvalue weighted by Gasteiger charge is -2.16. The predicted molar refractivity (Wildman–Crippen MR) is 69.5 cm³/mol. The third-order valence-corrected chi connectivity index (χ3v) is 3.63. The number of hydrogen-bond acceptors (Lipinski definition) is 2. The van der Waals surface area contributed by atoms with E-state index in [4.69, 9.17) is 0 Å². The molecule has 1 unspecified atom stereocenters. The van der Waals surface area contributed by atoms with Gasteiger partial charge in [-0.15, -0.1) is 11.8 Å². The summed E-state index contributed by atoms with van der Waals surface area (Å²) < 4.78 is 25.7. The van der Waals surface area contributed by atoms with Gasteiger partial charge >= 0.3 is 0 Å². The summed E-state index contributed by atoms with van der Waals surface area (Å²) in [6.45, 7) is 5.15. The standard InChI is InChI=1S/C13H19F2NS/c1-3-5-10(16-4-2)9-17-11-6-7-12(14)13(15)8-11/h6-8,10,16H,3-5,9H2,1-2H3. The summed E-state index contributed by atoms with van der Waals surface area (Å²) >= 11 is 1.56. The zero-order chi connectivity index (χ0) is 12.7. The van der Waals surface area contributed by atoms with Crippen molar-refractivity contribution in [2.24, 2.45) is 0 Å². The van der Waals surface area contributed by atoms with Gasteiger partial charge < -0.3 is 5.32 Å². The van der Waals surface area contributed by atoms with Crippen molar-refractivity contribution in [3.63, 3.8) is 0 Å². The summed E-state index contributed by atoms with van der Waals surface area (Å²) in [6.07, 6.45) is 2.22. The maximum atomic E-state index is 13.0. The molecule has 0 bridgehead atoms. The minimum absolute atomic E-state index is 0.433. The van der Waals surface area contributed by atoms with E-state index in [0.29, 0.717) is 6.04 Å². The van der Waals surface area contributed by atoms with E-state index >= 15 is 0 Å². The first-order valence-corrected chi connectivity index (χ1v) is 6.97. The summed E-state index contributed by atoms with van der Waals surface area (Å²) in [5.74, 6) is -0.677. The number of rotatable bonds is 7. The Labute approximate surface area is 106 Å². The van der Waals surface area contributed by atoms with Crippen LogP contribution in [0.25, 0.3) is 0 Å². The Morgan fingerprint density at radius 1 is 1.24 bits per heavy atom. The third kappa shape index (κ3) is 5.04. The Morgan fingerprint density at radius 2 is 2.00 bits per heavy atom. The molecule has 1 atom stereocenters. The molecule has 0 amide bonds. The number of halogens is 2. The second-order valence-corrected chi connectivity index (χ2v) is 5.02. The highest BCUT2D eigenvalue weighted by atomic mass is 32.2. The molecule has 1 aromatic carbocycles. The average Bonchev–Trinajstić information content (AvgIpc) is 2.31. The van der Waals surface area contributed by atoms with Crippen LogP contribution >= 0.6 is 11.8 Å². The van der Waals surface area contributed by atoms with Crippen molar-refractivity contribution in [2.75, 3.05) is 12.3 Å². The van der Waals surface area contributed by atoms with E-state index in [9.17, 15) is 8.78 Å². The maximum Gasteiger partial charge on any atom is 0.159 e. The van der Waals surface area contributed by atoms with Crippen molar-refractivity contribution >= 4 is 11.8 Å². The first kappa shape index (κ1) is 14.5. The molecule has 96 valence electrons. The van der Waals surface area contributed by atoms with E-state index in [1.165, 1.54) is 12.1 Å². The van der Waals surface area contributed by atoms with Crippen molar-refractivity contribution < 1.29 is 8.78 Å². The first-order valence-electron chi connectivity index (χ1n) is 5.98. The molecule has 0 saturated heterocycles. The van der Waals surface area contributed by atoms with Crippen LogP contribution in [0.4, 0.5) is 8.78 Å². The lowest BCUT2D eigenvalue weighted by atomic mass is 10.2. The smallest absolute Gasteiger partial charge is 0.159 e. The molecule has 1 N–H and O–H groups in total. The zero-order valence-corrected chi connectivity index (χ0v) is 11.1. The van der Waals surface area contributed by atoms with E-state index in [-0.39, 0.29) is 0 Å². The van der Waals surface area contributed by atoms with Crippen LogP contribution < -0.4 is 5.32 Å². The molecule has 0 radical (unpaired) electrons. The molecule has 0 saturated carbocycles. The Balaban J connectivity index is 2.49. The number of benzene rings is 1. The SMILES string of the molecule is CCCC(CSc1ccc(F)c(F)c1)NCC. The van der Waals surface area contributed by atoms with E-state index in [0.717, 1.165) is 30.0 Å². The van der Waals surface area contributed by atoms with Gasteiger partial charge in [-0.3, -0.25) is 0 Å². The van der Waals surface area contributed by atoms with Crippen LogP contribution in [-0.2, 0) is 0 Å². The lowest BCUT2D eigenvalue weighted by molar-refractivity contribution is 0.505. The second kappa shape index (κ2) is 7.67. The minimum Gasteiger partial charge on any atom is -0.313 e. The quantitative estimate of drug-likeness (QED) is 0.747. The predicted octanol–water partition coefficient (Wildman–Crippen LogP) is 3.84. The van der Waals surface area contributed by atoms with Crippen molar-refractivity contribution in [3.05, 3.63) is 29.8 Å². The van der Waals surface area contributed by atoms with Crippen LogP contribution in [-0.4, -0.2) is 18.3 Å². The molecule has 4 heteroatoms. The fourth-order valence-corrected chi connectivity index (χ4v) is 2.67. The van der Waals surface area contributed by atoms with Gasteiger partial charge in [-0.25, -0.2) is 8.78 Å². The van der Waals surface area contributed by atoms with Crippen molar-refractivity contribution in [1.29, 1.82) is 0 Å². The normalized spacial score (nSPS) is 12.7. The number of thioether (sulfide) groups is 1. The van der Waals surface area contributed by atoms with Gasteiger partial charge in [0, 0.05) is 16.7 Å². The topological polar surface area (TPSA) is 12.0 Å². The summed E-state index contributed by atoms with van der Waals surface area (Å²) in [5.41, 5.74) is 0. The second-order valence-electron chi connectivity index (χ2n) is 3.93. The van der Waals surface area contributed by atoms with E-state index in [1.54, 1.807) is 17.8 Å². The van der Waals surface area contributed by atoms with Gasteiger partial charge in [-0.1, -0.05) is 20.3 Å². The van der Waals surface area contributed by atoms with E-state index in [1.807, 2.05) is 0 Å². The van der Waals surface area contributed by atoms with Crippen molar-refractivity contribution in [1.82, 2.24) is 5.32 Å². The first-order chi connectivity index (χ1) is 8.17. The molecule has 1 aromatic rings. The van der Waals surface area contributed by atoms with Gasteiger partial charge in [-0.05, 0) is 31.2 Å². The Morgan fingerprint density at radius 3 is 2.59 bits per heavy atom. The van der Waals surface area contributed by atoms with Gasteiger partial charge in [0.1, 0.15) is 0 Å². The van der Waals surface area contributed by atoms with E-state index < -0.39 is 11.6 Å². The minimum atomic E-state index is -0.786. The van der Waals surface area contributed by atoms with Crippen molar-refractivity contribution in [3.8, 4) is 0 Å². The van der Waals surface area contributed by atoms with Crippen LogP contribution in [0.1, 0.15) is 26.7 Å². The van der Waals surface area contributed by atoms with Crippen LogP contribution in [0, 0.1) is 11.6 Å². The Kier molecular flexibility index (Phi) is 6.52. The number of nitrogens with one attached hydrogen (secondary N) is 1. The molecular weight excluding hydrogens is 240 g/mol. The largest absolute Gasteiger partial charge is 0.313 e. The summed E-state index contributed by atoms with van der Waals surface area (Å²) in [7, 11) is 0. The Hall–Kier alpha value is -0.610. The molecule has 17 heavy (non-hydrogen) atoms. The van der Waals surface area contributed by atoms with Crippen LogP contribution in [0.3, 0.4) is 0 Å². The molecule has 0 aliphatic carbocycles. The maximum absolute atomic E-state index is 13.0. The molecular formula is C13H19F2NS. The Bertz CT molecular complexity index is 338.